The number of nitrogens with zero attached hydrogens (tertiary/aromatic N) is 2. The number of nitrogens with one attached hydrogen (secondary N) is 2. The predicted molar refractivity (Wildman–Crippen MR) is 123 cm³/mol. The number of fused-ring (bicyclic) bond motifs is 1. The Labute approximate surface area is 193 Å². The zero-order chi connectivity index (χ0) is 23.6. The van der Waals surface area contributed by atoms with Crippen molar-refractivity contribution in [2.75, 3.05) is 12.4 Å². The second kappa shape index (κ2) is 9.54. The van der Waals surface area contributed by atoms with Crippen LogP contribution in [0, 0.1) is 6.92 Å². The first-order valence-electron chi connectivity index (χ1n) is 11.4. The third-order valence-corrected chi connectivity index (χ3v) is 8.87. The minimum atomic E-state index is -3.44. The van der Waals surface area contributed by atoms with Gasteiger partial charge in [-0.2, -0.15) is 5.10 Å². The number of urea groups is 1. The van der Waals surface area contributed by atoms with E-state index in [1.165, 1.54) is 13.2 Å². The highest BCUT2D eigenvalue weighted by molar-refractivity contribution is 7.92. The summed E-state index contributed by atoms with van der Waals surface area (Å²) in [5, 5.41) is 9.56. The zero-order valence-corrected chi connectivity index (χ0v) is 19.8. The Morgan fingerprint density at radius 2 is 1.94 bits per heavy atom. The number of hydrogen-bond acceptors (Lipinski definition) is 6. The van der Waals surface area contributed by atoms with Crippen LogP contribution in [0.25, 0.3) is 0 Å². The van der Waals surface area contributed by atoms with Gasteiger partial charge in [0.2, 0.25) is 0 Å². The molecule has 1 aliphatic carbocycles. The number of anilines is 1. The summed E-state index contributed by atoms with van der Waals surface area (Å²) in [6.07, 6.45) is 5.91. The first-order chi connectivity index (χ1) is 15.8. The molecule has 2 amide bonds. The lowest BCUT2D eigenvalue weighted by Gasteiger charge is -2.15. The van der Waals surface area contributed by atoms with Crippen LogP contribution in [0.5, 0.6) is 0 Å². The highest BCUT2D eigenvalue weighted by atomic mass is 32.2. The molecule has 0 bridgehead atoms. The third-order valence-electron chi connectivity index (χ3n) is 6.46. The fraction of sp³-hybridized carbons (Fsp3) is 0.522. The van der Waals surface area contributed by atoms with Gasteiger partial charge >= 0.3 is 12.0 Å². The van der Waals surface area contributed by atoms with Crippen LogP contribution in [0.3, 0.4) is 0 Å². The van der Waals surface area contributed by atoms with E-state index >= 15 is 0 Å². The number of amides is 2. The molecular weight excluding hydrogens is 444 g/mol. The van der Waals surface area contributed by atoms with Crippen molar-refractivity contribution < 1.29 is 22.7 Å². The van der Waals surface area contributed by atoms with E-state index in [9.17, 15) is 18.0 Å². The summed E-state index contributed by atoms with van der Waals surface area (Å²) in [5.41, 5.74) is 2.77. The van der Waals surface area contributed by atoms with Crippen LogP contribution in [-0.2, 0) is 34.1 Å². The average molecular weight is 475 g/mol. The van der Waals surface area contributed by atoms with E-state index in [0.717, 1.165) is 44.3 Å². The summed E-state index contributed by atoms with van der Waals surface area (Å²) in [4.78, 5) is 25.1. The number of aryl methyl sites for hydroxylation is 2. The molecule has 0 saturated heterocycles. The topological polar surface area (TPSA) is 119 Å². The van der Waals surface area contributed by atoms with Gasteiger partial charge in [-0.1, -0.05) is 18.9 Å². The third kappa shape index (κ3) is 4.75. The predicted octanol–water partition coefficient (Wildman–Crippen LogP) is 3.35. The quantitative estimate of drug-likeness (QED) is 0.620. The van der Waals surface area contributed by atoms with Crippen LogP contribution in [0.2, 0.25) is 0 Å². The summed E-state index contributed by atoms with van der Waals surface area (Å²) in [6, 6.07) is 4.40. The molecule has 4 rings (SSSR count). The highest BCUT2D eigenvalue weighted by Crippen LogP contribution is 2.32. The second-order valence-corrected chi connectivity index (χ2v) is 10.9. The molecule has 1 aromatic heterocycles. The first kappa shape index (κ1) is 23.3. The summed E-state index contributed by atoms with van der Waals surface area (Å²) in [6.45, 7) is 2.54. The van der Waals surface area contributed by atoms with Crippen LogP contribution in [0.4, 0.5) is 10.5 Å². The Bertz CT molecular complexity index is 1170. The number of methoxy groups -OCH3 is 1. The highest BCUT2D eigenvalue weighted by Gasteiger charge is 2.31. The van der Waals surface area contributed by atoms with Gasteiger partial charge in [0, 0.05) is 12.2 Å². The normalized spacial score (nSPS) is 16.3. The standard InChI is InChI=1S/C23H30N4O5S/c1-15-10-11-16(13-20(15)33(30,31)17-7-3-4-8-17)25-23(29)24-14-18-21(22(28)32-2)19-9-5-6-12-27(19)26-18/h10-11,13,17H,3-9,12,14H2,1-2H3,(H2,24,25,29). The molecule has 2 aromatic rings. The molecule has 1 saturated carbocycles. The molecule has 9 nitrogen and oxygen atoms in total. The van der Waals surface area contributed by atoms with E-state index in [4.69, 9.17) is 4.74 Å². The number of carbonyl (C=O) groups is 2. The maximum absolute atomic E-state index is 13.0. The number of carbonyl (C=O) groups excluding carboxylic acids is 2. The number of esters is 1. The summed E-state index contributed by atoms with van der Waals surface area (Å²) in [5.74, 6) is -0.462. The molecule has 33 heavy (non-hydrogen) atoms. The van der Waals surface area contributed by atoms with Crippen LogP contribution < -0.4 is 10.6 Å². The number of aromatic nitrogens is 2. The first-order valence-corrected chi connectivity index (χ1v) is 12.9. The van der Waals surface area contributed by atoms with Gasteiger partial charge in [-0.3, -0.25) is 4.68 Å². The SMILES string of the molecule is COC(=O)c1c(CNC(=O)Nc2ccc(C)c(S(=O)(=O)C3CCCC3)c2)nn2c1CCCC2. The molecule has 0 unspecified atom stereocenters. The van der Waals surface area contributed by atoms with E-state index < -0.39 is 21.8 Å². The van der Waals surface area contributed by atoms with Crippen molar-refractivity contribution in [1.29, 1.82) is 0 Å². The number of hydrogen-bond donors (Lipinski definition) is 2. The van der Waals surface area contributed by atoms with Crippen molar-refractivity contribution in [2.45, 2.75) is 75.1 Å². The molecular formula is C23H30N4O5S. The molecule has 2 heterocycles. The molecule has 1 aromatic carbocycles. The van der Waals surface area contributed by atoms with Gasteiger partial charge in [-0.15, -0.1) is 0 Å². The van der Waals surface area contributed by atoms with Crippen LogP contribution in [-0.4, -0.2) is 42.6 Å². The fourth-order valence-electron chi connectivity index (χ4n) is 4.71. The van der Waals surface area contributed by atoms with E-state index in [2.05, 4.69) is 15.7 Å². The Morgan fingerprint density at radius 1 is 1.18 bits per heavy atom. The van der Waals surface area contributed by atoms with Gasteiger partial charge in [-0.05, 0) is 56.7 Å². The second-order valence-electron chi connectivity index (χ2n) is 8.68. The average Bonchev–Trinajstić information content (AvgIpc) is 3.47. The summed E-state index contributed by atoms with van der Waals surface area (Å²) in [7, 11) is -2.11. The van der Waals surface area contributed by atoms with Gasteiger partial charge in [0.15, 0.2) is 9.84 Å². The Hall–Kier alpha value is -2.88. The molecule has 1 aliphatic heterocycles. The molecule has 0 radical (unpaired) electrons. The Balaban J connectivity index is 1.47. The minimum absolute atomic E-state index is 0.0510. The summed E-state index contributed by atoms with van der Waals surface area (Å²) < 4.78 is 32.8. The molecule has 1 fully saturated rings. The van der Waals surface area contributed by atoms with Crippen molar-refractivity contribution in [2.24, 2.45) is 0 Å². The van der Waals surface area contributed by atoms with Crippen molar-refractivity contribution in [1.82, 2.24) is 15.1 Å². The van der Waals surface area contributed by atoms with Crippen LogP contribution in [0.15, 0.2) is 23.1 Å². The summed E-state index contributed by atoms with van der Waals surface area (Å²) >= 11 is 0. The number of benzene rings is 1. The lowest BCUT2D eigenvalue weighted by molar-refractivity contribution is 0.0597. The molecule has 178 valence electrons. The molecule has 10 heteroatoms. The van der Waals surface area contributed by atoms with Crippen LogP contribution in [0.1, 0.15) is 65.8 Å². The van der Waals surface area contributed by atoms with Gasteiger partial charge in [-0.25, -0.2) is 18.0 Å². The monoisotopic (exact) mass is 474 g/mol. The van der Waals surface area contributed by atoms with Crippen molar-refractivity contribution in [3.63, 3.8) is 0 Å². The maximum atomic E-state index is 13.0. The van der Waals surface area contributed by atoms with Gasteiger partial charge in [0.05, 0.1) is 35.2 Å². The van der Waals surface area contributed by atoms with Gasteiger partial charge in [0.1, 0.15) is 5.56 Å². The number of ether oxygens (including phenoxy) is 1. The van der Waals surface area contributed by atoms with Gasteiger partial charge < -0.3 is 15.4 Å². The molecule has 0 spiro atoms. The lowest BCUT2D eigenvalue weighted by atomic mass is 10.0. The van der Waals surface area contributed by atoms with Crippen LogP contribution >= 0.6 is 0 Å². The van der Waals surface area contributed by atoms with E-state index in [-0.39, 0.29) is 16.7 Å². The zero-order valence-electron chi connectivity index (χ0n) is 19.0. The Morgan fingerprint density at radius 3 is 2.67 bits per heavy atom. The molecule has 0 atom stereocenters. The van der Waals surface area contributed by atoms with E-state index in [0.29, 0.717) is 35.3 Å². The maximum Gasteiger partial charge on any atom is 0.341 e. The fourth-order valence-corrected chi connectivity index (χ4v) is 6.83. The minimum Gasteiger partial charge on any atom is -0.465 e. The van der Waals surface area contributed by atoms with Crippen molar-refractivity contribution in [3.8, 4) is 0 Å². The van der Waals surface area contributed by atoms with E-state index in [1.807, 2.05) is 4.68 Å². The molecule has 2 N–H and O–H groups in total. The van der Waals surface area contributed by atoms with E-state index in [1.54, 1.807) is 19.1 Å². The van der Waals surface area contributed by atoms with Crippen molar-refractivity contribution in [3.05, 3.63) is 40.7 Å². The number of sulfone groups is 1. The molecule has 2 aliphatic rings. The van der Waals surface area contributed by atoms with Gasteiger partial charge in [0.25, 0.3) is 0 Å². The van der Waals surface area contributed by atoms with Crippen molar-refractivity contribution >= 4 is 27.5 Å². The Kier molecular flexibility index (Phi) is 6.73. The number of rotatable bonds is 6. The largest absolute Gasteiger partial charge is 0.465 e. The smallest absolute Gasteiger partial charge is 0.341 e. The lowest BCUT2D eigenvalue weighted by Crippen LogP contribution is -2.29.